The second-order valence-corrected chi connectivity index (χ2v) is 12.4. The van der Waals surface area contributed by atoms with Crippen LogP contribution in [0, 0.1) is 0 Å². The Morgan fingerprint density at radius 3 is 1.37 bits per heavy atom. The lowest BCUT2D eigenvalue weighted by Crippen LogP contribution is -2.38. The Bertz CT molecular complexity index is 1110. The van der Waals surface area contributed by atoms with Crippen molar-refractivity contribution in [2.45, 2.75) is 105 Å². The summed E-state index contributed by atoms with van der Waals surface area (Å²) >= 11 is 0. The van der Waals surface area contributed by atoms with E-state index in [9.17, 15) is 17.8 Å². The maximum Gasteiger partial charge on any atom is 0.366 e. The summed E-state index contributed by atoms with van der Waals surface area (Å²) in [5.74, 6) is 0.250. The Balaban J connectivity index is 2.71. The molecule has 0 saturated heterocycles. The Morgan fingerprint density at radius 2 is 1.06 bits per heavy atom. The van der Waals surface area contributed by atoms with Gasteiger partial charge in [0.05, 0.1) is 12.1 Å². The van der Waals surface area contributed by atoms with Crippen LogP contribution in [0.2, 0.25) is 0 Å². The van der Waals surface area contributed by atoms with Gasteiger partial charge in [-0.15, -0.1) is 0 Å². The Morgan fingerprint density at radius 1 is 0.686 bits per heavy atom. The standard InChI is InChI=1S/C29H43NO4S/c1-17(2)22-11-23(18(3)4)13-25(12-22)30(35(32,33)34)29(31)16-28-26(20(7)8)14-24(19(5)6)15-27(28)21(9)10/h11-15,17-21H,16H2,1-10H3,(H,32,33,34). The molecular formula is C29H43NO4S. The largest absolute Gasteiger partial charge is 0.366 e. The number of hydrogen-bond acceptors (Lipinski definition) is 3. The van der Waals surface area contributed by atoms with Crippen LogP contribution in [0.5, 0.6) is 0 Å². The van der Waals surface area contributed by atoms with Gasteiger partial charge in [-0.1, -0.05) is 87.4 Å². The minimum atomic E-state index is -4.83. The van der Waals surface area contributed by atoms with Crippen LogP contribution in [-0.2, 0) is 21.5 Å². The highest BCUT2D eigenvalue weighted by Gasteiger charge is 2.30. The molecule has 0 radical (unpaired) electrons. The van der Waals surface area contributed by atoms with Crippen LogP contribution in [0.1, 0.15) is 132 Å². The molecule has 2 aromatic rings. The van der Waals surface area contributed by atoms with Crippen molar-refractivity contribution >= 4 is 21.9 Å². The van der Waals surface area contributed by atoms with Gasteiger partial charge in [-0.3, -0.25) is 9.35 Å². The number of carbonyl (C=O) groups is 1. The van der Waals surface area contributed by atoms with Gasteiger partial charge in [-0.2, -0.15) is 12.7 Å². The van der Waals surface area contributed by atoms with Crippen LogP contribution in [0.15, 0.2) is 30.3 Å². The van der Waals surface area contributed by atoms with Crippen molar-refractivity contribution in [1.82, 2.24) is 0 Å². The predicted octanol–water partition coefficient (Wildman–Crippen LogP) is 7.68. The van der Waals surface area contributed by atoms with Crippen LogP contribution in [-0.4, -0.2) is 18.9 Å². The lowest BCUT2D eigenvalue weighted by Gasteiger charge is -2.26. The van der Waals surface area contributed by atoms with Crippen LogP contribution in [0.3, 0.4) is 0 Å². The number of nitrogens with zero attached hydrogens (tertiary/aromatic N) is 1. The van der Waals surface area contributed by atoms with Gasteiger partial charge in [0.25, 0.3) is 0 Å². The summed E-state index contributed by atoms with van der Waals surface area (Å²) in [6.07, 6.45) is -0.109. The zero-order chi connectivity index (χ0) is 26.8. The molecular weight excluding hydrogens is 458 g/mol. The maximum atomic E-state index is 13.7. The summed E-state index contributed by atoms with van der Waals surface area (Å²) in [6, 6.07) is 9.69. The average molecular weight is 502 g/mol. The fourth-order valence-corrected chi connectivity index (χ4v) is 5.07. The van der Waals surface area contributed by atoms with Gasteiger partial charge < -0.3 is 0 Å². The van der Waals surface area contributed by atoms with E-state index in [2.05, 4.69) is 53.7 Å². The highest BCUT2D eigenvalue weighted by atomic mass is 32.2. The number of amides is 1. The fraction of sp³-hybridized carbons (Fsp3) is 0.552. The lowest BCUT2D eigenvalue weighted by molar-refractivity contribution is -0.116. The second kappa shape index (κ2) is 11.3. The molecule has 5 nitrogen and oxygen atoms in total. The third-order valence-electron chi connectivity index (χ3n) is 6.57. The molecule has 0 spiro atoms. The van der Waals surface area contributed by atoms with E-state index in [0.29, 0.717) is 10.2 Å². The van der Waals surface area contributed by atoms with E-state index >= 15 is 0 Å². The van der Waals surface area contributed by atoms with Crippen molar-refractivity contribution in [1.29, 1.82) is 0 Å². The topological polar surface area (TPSA) is 74.7 Å². The minimum absolute atomic E-state index is 0.109. The molecule has 2 rings (SSSR count). The third-order valence-corrected chi connectivity index (χ3v) is 7.44. The van der Waals surface area contributed by atoms with E-state index in [1.807, 2.05) is 33.8 Å². The Labute approximate surface area is 212 Å². The van der Waals surface area contributed by atoms with Crippen LogP contribution < -0.4 is 4.31 Å². The van der Waals surface area contributed by atoms with E-state index in [4.69, 9.17) is 0 Å². The highest BCUT2D eigenvalue weighted by Crippen LogP contribution is 2.34. The van der Waals surface area contributed by atoms with Crippen molar-refractivity contribution in [3.63, 3.8) is 0 Å². The van der Waals surface area contributed by atoms with Gasteiger partial charge in [0.2, 0.25) is 5.91 Å². The first-order chi connectivity index (χ1) is 16.0. The average Bonchev–Trinajstić information content (AvgIpc) is 2.71. The van der Waals surface area contributed by atoms with Gasteiger partial charge in [-0.25, -0.2) is 0 Å². The molecule has 0 fully saturated rings. The summed E-state index contributed by atoms with van der Waals surface area (Å²) in [5.41, 5.74) is 6.15. The van der Waals surface area contributed by atoms with Crippen LogP contribution >= 0.6 is 0 Å². The first-order valence-electron chi connectivity index (χ1n) is 12.7. The molecule has 0 bridgehead atoms. The van der Waals surface area contributed by atoms with E-state index < -0.39 is 16.2 Å². The molecule has 6 heteroatoms. The van der Waals surface area contributed by atoms with Crippen molar-refractivity contribution in [3.05, 3.63) is 63.7 Å². The van der Waals surface area contributed by atoms with Crippen LogP contribution in [0.4, 0.5) is 5.69 Å². The smallest absolute Gasteiger partial charge is 0.273 e. The molecule has 2 aromatic carbocycles. The van der Waals surface area contributed by atoms with Crippen molar-refractivity contribution in [2.75, 3.05) is 4.31 Å². The number of anilines is 1. The molecule has 0 unspecified atom stereocenters. The number of rotatable bonds is 9. The molecule has 0 saturated carbocycles. The zero-order valence-corrected chi connectivity index (χ0v) is 23.8. The molecule has 35 heavy (non-hydrogen) atoms. The van der Waals surface area contributed by atoms with Crippen molar-refractivity contribution < 1.29 is 17.8 Å². The van der Waals surface area contributed by atoms with E-state index in [0.717, 1.165) is 27.8 Å². The monoisotopic (exact) mass is 501 g/mol. The number of carbonyl (C=O) groups excluding carboxylic acids is 1. The van der Waals surface area contributed by atoms with Gasteiger partial charge in [0.1, 0.15) is 0 Å². The molecule has 0 heterocycles. The van der Waals surface area contributed by atoms with Gasteiger partial charge in [-0.05, 0) is 75.1 Å². The fourth-order valence-electron chi connectivity index (χ4n) is 4.38. The first kappa shape index (κ1) is 29.1. The van der Waals surface area contributed by atoms with Crippen molar-refractivity contribution in [2.24, 2.45) is 0 Å². The molecule has 0 aliphatic heterocycles. The maximum absolute atomic E-state index is 13.7. The summed E-state index contributed by atoms with van der Waals surface area (Å²) in [5, 5.41) is 0. The molecule has 0 atom stereocenters. The summed E-state index contributed by atoms with van der Waals surface area (Å²) in [7, 11) is -4.83. The molecule has 0 aliphatic carbocycles. The summed E-state index contributed by atoms with van der Waals surface area (Å²) in [4.78, 5) is 13.7. The first-order valence-corrected chi connectivity index (χ1v) is 14.1. The lowest BCUT2D eigenvalue weighted by atomic mass is 9.83. The highest BCUT2D eigenvalue weighted by molar-refractivity contribution is 7.88. The second-order valence-electron chi connectivity index (χ2n) is 11.1. The summed E-state index contributed by atoms with van der Waals surface area (Å²) in [6.45, 7) is 20.7. The Hall–Kier alpha value is -2.18. The zero-order valence-electron chi connectivity index (χ0n) is 23.0. The molecule has 1 N–H and O–H groups in total. The molecule has 0 aromatic heterocycles. The summed E-state index contributed by atoms with van der Waals surface area (Å²) < 4.78 is 35.9. The quantitative estimate of drug-likeness (QED) is 0.358. The SMILES string of the molecule is CC(C)c1cc(C(C)C)cc(N(C(=O)Cc2c(C(C)C)cc(C(C)C)cc2C(C)C)S(=O)(=O)O)c1. The third kappa shape index (κ3) is 6.95. The Kier molecular flexibility index (Phi) is 9.34. The normalized spacial score (nSPS) is 12.5. The van der Waals surface area contributed by atoms with Gasteiger partial charge in [0, 0.05) is 0 Å². The molecule has 194 valence electrons. The number of benzene rings is 2. The molecule has 1 amide bonds. The number of hydrogen-bond donors (Lipinski definition) is 1. The molecule has 0 aliphatic rings. The van der Waals surface area contributed by atoms with Gasteiger partial charge in [0.15, 0.2) is 0 Å². The van der Waals surface area contributed by atoms with E-state index in [1.165, 1.54) is 5.56 Å². The van der Waals surface area contributed by atoms with E-state index in [-0.39, 0.29) is 35.8 Å². The van der Waals surface area contributed by atoms with Crippen LogP contribution in [0.25, 0.3) is 0 Å². The van der Waals surface area contributed by atoms with Crippen molar-refractivity contribution in [3.8, 4) is 0 Å². The minimum Gasteiger partial charge on any atom is -0.273 e. The van der Waals surface area contributed by atoms with E-state index in [1.54, 1.807) is 12.1 Å². The van der Waals surface area contributed by atoms with Gasteiger partial charge >= 0.3 is 10.3 Å². The predicted molar refractivity (Wildman–Crippen MR) is 146 cm³/mol.